The molecule has 0 radical (unpaired) electrons. The molecule has 0 saturated heterocycles. The number of nitrogens with zero attached hydrogens (tertiary/aromatic N) is 1. The monoisotopic (exact) mass is 378 g/mol. The van der Waals surface area contributed by atoms with E-state index in [1.54, 1.807) is 12.1 Å². The van der Waals surface area contributed by atoms with Gasteiger partial charge in [-0.2, -0.15) is 26.7 Å². The lowest BCUT2D eigenvalue weighted by Gasteiger charge is -2.10. The quantitative estimate of drug-likeness (QED) is 0.369. The van der Waals surface area contributed by atoms with Crippen molar-refractivity contribution in [1.29, 1.82) is 0 Å². The molecule has 2 aromatic rings. The molecule has 0 unspecified atom stereocenters. The summed E-state index contributed by atoms with van der Waals surface area (Å²) in [6.07, 6.45) is 1.36. The maximum Gasteiger partial charge on any atom is 0.534 e. The summed E-state index contributed by atoms with van der Waals surface area (Å²) in [5.41, 5.74) is -1.63. The van der Waals surface area contributed by atoms with Gasteiger partial charge in [0.25, 0.3) is 0 Å². The first kappa shape index (κ1) is 18.1. The van der Waals surface area contributed by atoms with Crippen LogP contribution in [0.1, 0.15) is 5.56 Å². The molecule has 0 aliphatic carbocycles. The van der Waals surface area contributed by atoms with Crippen LogP contribution >= 0.6 is 11.6 Å². The molecule has 2 aromatic carbocycles. The van der Waals surface area contributed by atoms with Crippen molar-refractivity contribution in [1.82, 2.24) is 0 Å². The van der Waals surface area contributed by atoms with Crippen molar-refractivity contribution in [3.8, 4) is 5.75 Å². The van der Waals surface area contributed by atoms with Gasteiger partial charge in [0.15, 0.2) is 5.75 Å². The lowest BCUT2D eigenvalue weighted by Crippen LogP contribution is -2.28. The summed E-state index contributed by atoms with van der Waals surface area (Å²) in [6, 6.07) is 12.6. The minimum absolute atomic E-state index is 0.300. The van der Waals surface area contributed by atoms with Gasteiger partial charge in [0.05, 0.1) is 16.9 Å². The molecule has 5 nitrogen and oxygen atoms in total. The molecule has 0 bridgehead atoms. The fraction of sp³-hybridized carbons (Fsp3) is 0.0714. The summed E-state index contributed by atoms with van der Waals surface area (Å²) in [4.78, 5) is 0. The van der Waals surface area contributed by atoms with E-state index in [9.17, 15) is 21.6 Å². The van der Waals surface area contributed by atoms with Gasteiger partial charge >= 0.3 is 15.6 Å². The Morgan fingerprint density at radius 3 is 2.38 bits per heavy atom. The standard InChI is InChI=1S/C14H10ClF3N2O3S/c15-12-8-10(9-19-20-11-4-2-1-3-5-11)6-7-13(12)23-24(21,22)14(16,17)18/h1-9,20H. The van der Waals surface area contributed by atoms with E-state index in [1.807, 2.05) is 18.2 Å². The van der Waals surface area contributed by atoms with Crippen molar-refractivity contribution in [3.63, 3.8) is 0 Å². The molecule has 0 spiro atoms. The van der Waals surface area contributed by atoms with E-state index >= 15 is 0 Å². The first-order chi connectivity index (χ1) is 11.2. The molecule has 1 N–H and O–H groups in total. The Labute approximate surface area is 140 Å². The van der Waals surface area contributed by atoms with Gasteiger partial charge in [-0.05, 0) is 35.9 Å². The predicted molar refractivity (Wildman–Crippen MR) is 84.7 cm³/mol. The van der Waals surface area contributed by atoms with Crippen LogP contribution in [-0.2, 0) is 10.1 Å². The topological polar surface area (TPSA) is 67.8 Å². The van der Waals surface area contributed by atoms with Crippen LogP contribution in [0, 0.1) is 0 Å². The van der Waals surface area contributed by atoms with Gasteiger partial charge in [-0.1, -0.05) is 29.8 Å². The molecule has 10 heteroatoms. The zero-order valence-electron chi connectivity index (χ0n) is 11.8. The Morgan fingerprint density at radius 2 is 1.79 bits per heavy atom. The third-order valence-corrected chi connectivity index (χ3v) is 3.88. The summed E-state index contributed by atoms with van der Waals surface area (Å²) < 4.78 is 62.7. The molecule has 0 aliphatic heterocycles. The molecule has 128 valence electrons. The molecule has 2 rings (SSSR count). The van der Waals surface area contributed by atoms with Crippen molar-refractivity contribution >= 4 is 33.6 Å². The normalized spacial score (nSPS) is 12.3. The van der Waals surface area contributed by atoms with Crippen LogP contribution in [0.2, 0.25) is 5.02 Å². The van der Waals surface area contributed by atoms with E-state index in [4.69, 9.17) is 11.6 Å². The first-order valence-electron chi connectivity index (χ1n) is 6.33. The average molecular weight is 379 g/mol. The minimum atomic E-state index is -5.77. The van der Waals surface area contributed by atoms with Gasteiger partial charge < -0.3 is 4.18 Å². The molecule has 0 heterocycles. The minimum Gasteiger partial charge on any atom is -0.374 e. The SMILES string of the molecule is O=S(=O)(Oc1ccc(C=NNc2ccccc2)cc1Cl)C(F)(F)F. The van der Waals surface area contributed by atoms with Gasteiger partial charge in [-0.25, -0.2) is 0 Å². The van der Waals surface area contributed by atoms with Crippen molar-refractivity contribution in [2.75, 3.05) is 5.43 Å². The van der Waals surface area contributed by atoms with Gasteiger partial charge in [0.1, 0.15) is 0 Å². The molecular weight excluding hydrogens is 369 g/mol. The Kier molecular flexibility index (Phi) is 5.35. The van der Waals surface area contributed by atoms with Crippen LogP contribution in [0.5, 0.6) is 5.75 Å². The number of hydrogen-bond acceptors (Lipinski definition) is 5. The fourth-order valence-electron chi connectivity index (χ4n) is 1.52. The van der Waals surface area contributed by atoms with E-state index in [2.05, 4.69) is 14.7 Å². The van der Waals surface area contributed by atoms with Gasteiger partial charge in [0, 0.05) is 0 Å². The maximum absolute atomic E-state index is 12.3. The number of nitrogens with one attached hydrogen (secondary N) is 1. The zero-order valence-corrected chi connectivity index (χ0v) is 13.4. The number of benzene rings is 2. The number of rotatable bonds is 5. The van der Waals surface area contributed by atoms with Gasteiger partial charge in [-0.3, -0.25) is 5.43 Å². The summed E-state index contributed by atoms with van der Waals surface area (Å²) in [6.45, 7) is 0. The number of anilines is 1. The molecule has 0 aliphatic rings. The summed E-state index contributed by atoms with van der Waals surface area (Å²) >= 11 is 5.74. The second kappa shape index (κ2) is 7.10. The second-order valence-corrected chi connectivity index (χ2v) is 6.35. The molecule has 24 heavy (non-hydrogen) atoms. The van der Waals surface area contributed by atoms with Gasteiger partial charge in [0.2, 0.25) is 0 Å². The lowest BCUT2D eigenvalue weighted by atomic mass is 10.2. The number of hydrogen-bond donors (Lipinski definition) is 1. The average Bonchev–Trinajstić information content (AvgIpc) is 2.50. The Morgan fingerprint density at radius 1 is 1.12 bits per heavy atom. The molecule has 0 saturated carbocycles. The van der Waals surface area contributed by atoms with Crippen LogP contribution in [0.4, 0.5) is 18.9 Å². The van der Waals surface area contributed by atoms with Crippen LogP contribution < -0.4 is 9.61 Å². The van der Waals surface area contributed by atoms with Crippen LogP contribution in [0.25, 0.3) is 0 Å². The van der Waals surface area contributed by atoms with Crippen molar-refractivity contribution < 1.29 is 25.8 Å². The summed E-state index contributed by atoms with van der Waals surface area (Å²) in [5.74, 6) is -0.623. The summed E-state index contributed by atoms with van der Waals surface area (Å²) in [7, 11) is -5.77. The van der Waals surface area contributed by atoms with E-state index in [-0.39, 0.29) is 5.02 Å². The highest BCUT2D eigenvalue weighted by Gasteiger charge is 2.48. The van der Waals surface area contributed by atoms with Crippen LogP contribution in [-0.4, -0.2) is 20.1 Å². The molecular formula is C14H10ClF3N2O3S. The Hall–Kier alpha value is -2.26. The number of halogens is 4. The van der Waals surface area contributed by atoms with Crippen molar-refractivity contribution in [3.05, 3.63) is 59.1 Å². The number of hydrazone groups is 1. The maximum atomic E-state index is 12.3. The molecule has 0 atom stereocenters. The van der Waals surface area contributed by atoms with Crippen molar-refractivity contribution in [2.24, 2.45) is 5.10 Å². The largest absolute Gasteiger partial charge is 0.534 e. The molecule has 0 amide bonds. The van der Waals surface area contributed by atoms with E-state index in [0.29, 0.717) is 5.56 Å². The number of para-hydroxylation sites is 1. The highest BCUT2D eigenvalue weighted by atomic mass is 35.5. The zero-order chi connectivity index (χ0) is 17.8. The smallest absolute Gasteiger partial charge is 0.374 e. The third-order valence-electron chi connectivity index (χ3n) is 2.62. The Balaban J connectivity index is 2.10. The second-order valence-electron chi connectivity index (χ2n) is 4.41. The lowest BCUT2D eigenvalue weighted by molar-refractivity contribution is -0.0500. The summed E-state index contributed by atoms with van der Waals surface area (Å²) in [5, 5.41) is 3.62. The van der Waals surface area contributed by atoms with Crippen LogP contribution in [0.15, 0.2) is 53.6 Å². The highest BCUT2D eigenvalue weighted by molar-refractivity contribution is 7.88. The third kappa shape index (κ3) is 4.62. The Bertz CT molecular complexity index is 840. The van der Waals surface area contributed by atoms with Crippen LogP contribution in [0.3, 0.4) is 0 Å². The van der Waals surface area contributed by atoms with E-state index in [1.165, 1.54) is 18.3 Å². The first-order valence-corrected chi connectivity index (χ1v) is 8.12. The highest BCUT2D eigenvalue weighted by Crippen LogP contribution is 2.31. The molecule has 0 fully saturated rings. The van der Waals surface area contributed by atoms with E-state index in [0.717, 1.165) is 11.8 Å². The number of alkyl halides is 3. The fourth-order valence-corrected chi connectivity index (χ4v) is 2.27. The van der Waals surface area contributed by atoms with E-state index < -0.39 is 21.4 Å². The van der Waals surface area contributed by atoms with Gasteiger partial charge in [-0.15, -0.1) is 0 Å². The predicted octanol–water partition coefficient (Wildman–Crippen LogP) is 4.01. The van der Waals surface area contributed by atoms with Crippen molar-refractivity contribution in [2.45, 2.75) is 5.51 Å². The molecule has 0 aromatic heterocycles.